The quantitative estimate of drug-likeness (QED) is 0.511. The fourth-order valence-corrected chi connectivity index (χ4v) is 5.57. The van der Waals surface area contributed by atoms with Crippen LogP contribution in [0.3, 0.4) is 0 Å². The molecule has 0 aliphatic carbocycles. The van der Waals surface area contributed by atoms with Gasteiger partial charge in [-0.15, -0.1) is 5.10 Å². The molecule has 186 valence electrons. The maximum atomic E-state index is 15.4. The number of nitrogens with zero attached hydrogens (tertiary/aromatic N) is 5. The van der Waals surface area contributed by atoms with E-state index in [4.69, 9.17) is 5.11 Å². The van der Waals surface area contributed by atoms with Crippen LogP contribution in [-0.4, -0.2) is 57.9 Å². The summed E-state index contributed by atoms with van der Waals surface area (Å²) < 4.78 is 15.4. The predicted octanol–water partition coefficient (Wildman–Crippen LogP) is 4.17. The molecule has 9 heteroatoms. The van der Waals surface area contributed by atoms with E-state index in [1.54, 1.807) is 12.1 Å². The van der Waals surface area contributed by atoms with E-state index in [9.17, 15) is 10.1 Å². The Morgan fingerprint density at radius 3 is 2.72 bits per heavy atom. The van der Waals surface area contributed by atoms with Gasteiger partial charge in [-0.05, 0) is 56.5 Å². The lowest BCUT2D eigenvalue weighted by Gasteiger charge is -2.63. The van der Waals surface area contributed by atoms with Crippen LogP contribution in [-0.2, 0) is 4.79 Å². The lowest BCUT2D eigenvalue weighted by atomic mass is 9.76. The number of hydrogen-bond acceptors (Lipinski definition) is 7. The molecular weight excluding hydrogens is 459 g/mol. The molecule has 3 heterocycles. The summed E-state index contributed by atoms with van der Waals surface area (Å²) >= 11 is 0. The highest BCUT2D eigenvalue weighted by atomic mass is 19.1. The fourth-order valence-electron chi connectivity index (χ4n) is 5.57. The molecule has 36 heavy (non-hydrogen) atoms. The van der Waals surface area contributed by atoms with Crippen LogP contribution >= 0.6 is 0 Å². The highest BCUT2D eigenvalue weighted by molar-refractivity contribution is 5.96. The van der Waals surface area contributed by atoms with Crippen LogP contribution < -0.4 is 10.2 Å². The molecule has 2 fully saturated rings. The van der Waals surface area contributed by atoms with E-state index in [0.717, 1.165) is 42.6 Å². The van der Waals surface area contributed by atoms with Crippen molar-refractivity contribution in [3.05, 3.63) is 58.5 Å². The molecular formula is C27H29FN6O2. The molecule has 1 aromatic heterocycles. The Morgan fingerprint density at radius 2 is 2.06 bits per heavy atom. The zero-order valence-electron chi connectivity index (χ0n) is 20.7. The van der Waals surface area contributed by atoms with Crippen LogP contribution in [0.4, 0.5) is 15.9 Å². The van der Waals surface area contributed by atoms with Gasteiger partial charge in [-0.1, -0.05) is 12.1 Å². The van der Waals surface area contributed by atoms with Crippen molar-refractivity contribution < 1.29 is 14.3 Å². The van der Waals surface area contributed by atoms with Gasteiger partial charge in [0, 0.05) is 37.0 Å². The summed E-state index contributed by atoms with van der Waals surface area (Å²) in [5, 5.41) is 32.0. The van der Waals surface area contributed by atoms with E-state index in [0.29, 0.717) is 34.7 Å². The maximum Gasteiger partial charge on any atom is 0.304 e. The van der Waals surface area contributed by atoms with Crippen molar-refractivity contribution in [3.8, 4) is 6.07 Å². The molecule has 2 aliphatic rings. The van der Waals surface area contributed by atoms with E-state index in [1.165, 1.54) is 0 Å². The number of aryl methyl sites for hydroxylation is 1. The Bertz CT molecular complexity index is 1400. The molecule has 0 unspecified atom stereocenters. The van der Waals surface area contributed by atoms with Crippen molar-refractivity contribution >= 4 is 28.2 Å². The summed E-state index contributed by atoms with van der Waals surface area (Å²) in [4.78, 5) is 15.1. The largest absolute Gasteiger partial charge is 0.481 e. The number of anilines is 2. The summed E-state index contributed by atoms with van der Waals surface area (Å²) in [6.45, 7) is 8.50. The zero-order valence-corrected chi connectivity index (χ0v) is 20.7. The number of aromatic nitrogens is 2. The number of nitrogens with one attached hydrogen (secondary N) is 1. The molecule has 3 aromatic rings. The van der Waals surface area contributed by atoms with Crippen LogP contribution in [0.5, 0.6) is 0 Å². The highest BCUT2D eigenvalue weighted by Gasteiger charge is 2.53. The first-order valence-corrected chi connectivity index (χ1v) is 12.2. The van der Waals surface area contributed by atoms with E-state index < -0.39 is 5.97 Å². The molecule has 5 rings (SSSR count). The van der Waals surface area contributed by atoms with Crippen molar-refractivity contribution in [2.75, 3.05) is 36.4 Å². The lowest BCUT2D eigenvalue weighted by Crippen LogP contribution is -2.77. The smallest absolute Gasteiger partial charge is 0.304 e. The Hall–Kier alpha value is -3.77. The van der Waals surface area contributed by atoms with Crippen LogP contribution in [0.25, 0.3) is 10.8 Å². The lowest BCUT2D eigenvalue weighted by molar-refractivity contribution is -0.138. The van der Waals surface area contributed by atoms with Gasteiger partial charge >= 0.3 is 5.97 Å². The van der Waals surface area contributed by atoms with E-state index in [-0.39, 0.29) is 23.8 Å². The van der Waals surface area contributed by atoms with Crippen LogP contribution in [0.15, 0.2) is 30.3 Å². The molecule has 2 aliphatic heterocycles. The average molecular weight is 489 g/mol. The summed E-state index contributed by atoms with van der Waals surface area (Å²) in [7, 11) is 0. The van der Waals surface area contributed by atoms with Crippen LogP contribution in [0.1, 0.15) is 48.2 Å². The Balaban J connectivity index is 1.45. The first kappa shape index (κ1) is 23.9. The monoisotopic (exact) mass is 488 g/mol. The number of hydrogen-bond donors (Lipinski definition) is 2. The highest BCUT2D eigenvalue weighted by Crippen LogP contribution is 2.45. The van der Waals surface area contributed by atoms with E-state index in [2.05, 4.69) is 31.4 Å². The minimum atomic E-state index is -0.803. The number of fused-ring (bicyclic) bond motifs is 1. The topological polar surface area (TPSA) is 105 Å². The molecule has 0 bridgehead atoms. The number of carboxylic acid groups (broad SMARTS) is 1. The summed E-state index contributed by atoms with van der Waals surface area (Å²) in [6, 6.07) is 11.1. The number of rotatable bonds is 7. The van der Waals surface area contributed by atoms with Crippen LogP contribution in [0.2, 0.25) is 0 Å². The third-order valence-corrected chi connectivity index (χ3v) is 7.69. The van der Waals surface area contributed by atoms with Crippen molar-refractivity contribution in [2.24, 2.45) is 0 Å². The standard InChI is InChI=1S/C27H29FN6O2/c1-16-19(13-29)5-4-6-20(16)17(2)30-26-22-12-24(23(28)11-21(22)18(3)31-32-26)34-10-8-27(34)14-33(15-27)9-7-25(35)36/h4-6,11-12,17H,7-10,14-15H2,1-3H3,(H,30,32)(H,35,36)/t17-/m1/s1. The minimum absolute atomic E-state index is 0.113. The normalized spacial score (nSPS) is 17.4. The average Bonchev–Trinajstić information content (AvgIpc) is 2.80. The van der Waals surface area contributed by atoms with Crippen molar-refractivity contribution in [3.63, 3.8) is 0 Å². The Labute approximate surface area is 209 Å². The molecule has 1 atom stereocenters. The predicted molar refractivity (Wildman–Crippen MR) is 136 cm³/mol. The molecule has 0 radical (unpaired) electrons. The summed E-state index contributed by atoms with van der Waals surface area (Å²) in [5.41, 5.74) is 3.58. The van der Waals surface area contributed by atoms with E-state index >= 15 is 4.39 Å². The second kappa shape index (κ2) is 9.03. The van der Waals surface area contributed by atoms with E-state index in [1.807, 2.05) is 39.0 Å². The van der Waals surface area contributed by atoms with Gasteiger partial charge in [-0.3, -0.25) is 9.69 Å². The van der Waals surface area contributed by atoms with Gasteiger partial charge in [0.25, 0.3) is 0 Å². The molecule has 2 N–H and O–H groups in total. The number of halogens is 1. The van der Waals surface area contributed by atoms with Gasteiger partial charge in [0.1, 0.15) is 5.82 Å². The van der Waals surface area contributed by atoms with Gasteiger partial charge < -0.3 is 15.3 Å². The molecule has 0 amide bonds. The molecule has 2 aromatic carbocycles. The van der Waals surface area contributed by atoms with Crippen molar-refractivity contribution in [1.29, 1.82) is 5.26 Å². The number of nitriles is 1. The molecule has 1 spiro atoms. The van der Waals surface area contributed by atoms with Gasteiger partial charge in [0.2, 0.25) is 0 Å². The summed E-state index contributed by atoms with van der Waals surface area (Å²) in [5.74, 6) is -0.530. The minimum Gasteiger partial charge on any atom is -0.481 e. The number of benzene rings is 2. The number of aliphatic carboxylic acids is 1. The summed E-state index contributed by atoms with van der Waals surface area (Å²) in [6.07, 6.45) is 1.07. The van der Waals surface area contributed by atoms with Crippen LogP contribution in [0, 0.1) is 31.0 Å². The van der Waals surface area contributed by atoms with Gasteiger partial charge in [0.15, 0.2) is 5.82 Å². The number of carboxylic acids is 1. The van der Waals surface area contributed by atoms with Gasteiger partial charge in [0.05, 0.1) is 41.0 Å². The van der Waals surface area contributed by atoms with Gasteiger partial charge in [-0.25, -0.2) is 4.39 Å². The van der Waals surface area contributed by atoms with Crippen molar-refractivity contribution in [2.45, 2.75) is 45.2 Å². The molecule has 2 saturated heterocycles. The number of likely N-dealkylation sites (tertiary alicyclic amines) is 1. The first-order chi connectivity index (χ1) is 17.2. The first-order valence-electron chi connectivity index (χ1n) is 12.2. The number of carbonyl (C=O) groups is 1. The Morgan fingerprint density at radius 1 is 1.28 bits per heavy atom. The fraction of sp³-hybridized carbons (Fsp3) is 0.407. The second-order valence-corrected chi connectivity index (χ2v) is 9.96. The zero-order chi connectivity index (χ0) is 25.6. The molecule has 0 saturated carbocycles. The molecule has 8 nitrogen and oxygen atoms in total. The van der Waals surface area contributed by atoms with Crippen molar-refractivity contribution in [1.82, 2.24) is 15.1 Å². The third kappa shape index (κ3) is 4.01. The SMILES string of the molecule is Cc1c(C#N)cccc1[C@@H](C)Nc1nnc(C)c2cc(F)c(N3CCC34CN(CCC(=O)O)C4)cc12. The maximum absolute atomic E-state index is 15.4. The third-order valence-electron chi connectivity index (χ3n) is 7.69. The second-order valence-electron chi connectivity index (χ2n) is 9.96. The Kier molecular flexibility index (Phi) is 6.00. The van der Waals surface area contributed by atoms with Gasteiger partial charge in [-0.2, -0.15) is 10.4 Å².